The second kappa shape index (κ2) is 9.27. The van der Waals surface area contributed by atoms with E-state index in [1.165, 1.54) is 4.88 Å². The Morgan fingerprint density at radius 1 is 1.19 bits per heavy atom. The maximum atomic E-state index is 12.4. The van der Waals surface area contributed by atoms with E-state index >= 15 is 0 Å². The van der Waals surface area contributed by atoms with E-state index < -0.39 is 0 Å². The minimum absolute atomic E-state index is 0.212. The largest absolute Gasteiger partial charge is 0.342 e. The van der Waals surface area contributed by atoms with Crippen LogP contribution in [-0.2, 0) is 6.54 Å². The van der Waals surface area contributed by atoms with Gasteiger partial charge in [-0.25, -0.2) is 5.43 Å². The number of carbonyl (C=O) groups excluding carboxylic acids is 1. The van der Waals surface area contributed by atoms with Crippen LogP contribution in [0.4, 0.5) is 0 Å². The van der Waals surface area contributed by atoms with Crippen LogP contribution in [0, 0.1) is 0 Å². The van der Waals surface area contributed by atoms with Gasteiger partial charge in [0.15, 0.2) is 0 Å². The summed E-state index contributed by atoms with van der Waals surface area (Å²) in [6.07, 6.45) is 3.68. The molecule has 2 aromatic carbocycles. The minimum atomic E-state index is -0.212. The zero-order valence-corrected chi connectivity index (χ0v) is 19.4. The van der Waals surface area contributed by atoms with Gasteiger partial charge in [-0.3, -0.25) is 4.79 Å². The van der Waals surface area contributed by atoms with Crippen LogP contribution in [-0.4, -0.2) is 16.7 Å². The molecule has 0 bridgehead atoms. The molecule has 0 saturated heterocycles. The van der Waals surface area contributed by atoms with Crippen LogP contribution < -0.4 is 5.43 Å². The molecule has 0 aliphatic heterocycles. The van der Waals surface area contributed by atoms with Crippen LogP contribution in [0.5, 0.6) is 0 Å². The lowest BCUT2D eigenvalue weighted by Gasteiger charge is -2.08. The van der Waals surface area contributed by atoms with E-state index in [0.717, 1.165) is 22.0 Å². The number of hydrogen-bond acceptors (Lipinski definition) is 3. The number of amides is 1. The Bertz CT molecular complexity index is 1270. The van der Waals surface area contributed by atoms with Gasteiger partial charge in [0.2, 0.25) is 0 Å². The average molecular weight is 470 g/mol. The van der Waals surface area contributed by atoms with E-state index in [9.17, 15) is 4.79 Å². The van der Waals surface area contributed by atoms with E-state index in [2.05, 4.69) is 28.9 Å². The van der Waals surface area contributed by atoms with Crippen LogP contribution in [0.3, 0.4) is 0 Å². The van der Waals surface area contributed by atoms with Gasteiger partial charge in [0.25, 0.3) is 5.91 Å². The topological polar surface area (TPSA) is 46.4 Å². The van der Waals surface area contributed by atoms with E-state index in [1.54, 1.807) is 23.6 Å². The molecule has 1 N–H and O–H groups in total. The number of nitrogens with one attached hydrogen (secondary N) is 1. The number of aromatic nitrogens is 1. The number of hydrogen-bond donors (Lipinski definition) is 1. The van der Waals surface area contributed by atoms with Crippen LogP contribution in [0.25, 0.3) is 10.9 Å². The predicted octanol–water partition coefficient (Wildman–Crippen LogP) is 6.95. The summed E-state index contributed by atoms with van der Waals surface area (Å²) in [5, 5.41) is 8.34. The highest BCUT2D eigenvalue weighted by atomic mass is 35.5. The van der Waals surface area contributed by atoms with Gasteiger partial charge in [0, 0.05) is 49.5 Å². The Morgan fingerprint density at radius 2 is 2.00 bits per heavy atom. The van der Waals surface area contributed by atoms with Crippen LogP contribution in [0.15, 0.2) is 65.2 Å². The lowest BCUT2D eigenvalue weighted by atomic mass is 10.1. The van der Waals surface area contributed by atoms with Crippen molar-refractivity contribution in [3.8, 4) is 0 Å². The van der Waals surface area contributed by atoms with Gasteiger partial charge in [-0.1, -0.05) is 61.3 Å². The van der Waals surface area contributed by atoms with Gasteiger partial charge in [0.1, 0.15) is 0 Å². The summed E-state index contributed by atoms with van der Waals surface area (Å²) < 4.78 is 2.11. The van der Waals surface area contributed by atoms with Crippen LogP contribution in [0.2, 0.25) is 10.0 Å². The maximum absolute atomic E-state index is 12.4. The first-order valence-electron chi connectivity index (χ1n) is 9.86. The molecule has 0 unspecified atom stereocenters. The number of halogens is 2. The number of rotatable bonds is 6. The van der Waals surface area contributed by atoms with Crippen molar-refractivity contribution in [1.29, 1.82) is 0 Å². The van der Waals surface area contributed by atoms with E-state index in [0.29, 0.717) is 28.1 Å². The molecule has 31 heavy (non-hydrogen) atoms. The molecule has 0 aliphatic rings. The summed E-state index contributed by atoms with van der Waals surface area (Å²) in [6, 6.07) is 15.5. The molecular weight excluding hydrogens is 449 g/mol. The number of hydrazone groups is 1. The molecule has 158 valence electrons. The van der Waals surface area contributed by atoms with Gasteiger partial charge in [-0.15, -0.1) is 11.3 Å². The predicted molar refractivity (Wildman–Crippen MR) is 131 cm³/mol. The molecule has 0 atom stereocenters. The zero-order valence-electron chi connectivity index (χ0n) is 17.1. The summed E-state index contributed by atoms with van der Waals surface area (Å²) in [5.41, 5.74) is 6.20. The van der Waals surface area contributed by atoms with E-state index in [-0.39, 0.29) is 5.91 Å². The lowest BCUT2D eigenvalue weighted by Crippen LogP contribution is -2.16. The fourth-order valence-corrected chi connectivity index (χ4v) is 4.72. The molecule has 1 amide bonds. The molecule has 0 radical (unpaired) electrons. The second-order valence-electron chi connectivity index (χ2n) is 7.56. The zero-order chi connectivity index (χ0) is 22.0. The van der Waals surface area contributed by atoms with Crippen molar-refractivity contribution in [1.82, 2.24) is 9.99 Å². The van der Waals surface area contributed by atoms with Gasteiger partial charge in [0.05, 0.1) is 11.8 Å². The summed E-state index contributed by atoms with van der Waals surface area (Å²) in [4.78, 5) is 13.6. The van der Waals surface area contributed by atoms with Gasteiger partial charge >= 0.3 is 0 Å². The van der Waals surface area contributed by atoms with Crippen molar-refractivity contribution < 1.29 is 4.79 Å². The molecule has 7 heteroatoms. The number of carbonyl (C=O) groups is 1. The Balaban J connectivity index is 1.55. The van der Waals surface area contributed by atoms with Gasteiger partial charge < -0.3 is 4.57 Å². The lowest BCUT2D eigenvalue weighted by molar-refractivity contribution is 0.0955. The van der Waals surface area contributed by atoms with E-state index in [1.807, 2.05) is 54.0 Å². The summed E-state index contributed by atoms with van der Waals surface area (Å²) in [5.74, 6) is 0.186. The molecule has 0 aliphatic carbocycles. The standard InChI is InChI=1S/C24H21Cl2N3OS/c1-15(2)23-9-17(14-31-23)24(30)28-27-11-18-13-29(22-6-4-3-5-20(18)22)12-16-7-8-19(25)10-21(16)26/h3-11,13-15H,12H2,1-2H3,(H,28,30). The van der Waals surface area contributed by atoms with Crippen molar-refractivity contribution in [2.24, 2.45) is 5.10 Å². The monoisotopic (exact) mass is 469 g/mol. The molecule has 2 aromatic heterocycles. The second-order valence-corrected chi connectivity index (χ2v) is 9.34. The maximum Gasteiger partial charge on any atom is 0.272 e. The molecular formula is C24H21Cl2N3OS. The SMILES string of the molecule is CC(C)c1cc(C(=O)NN=Cc2cn(Cc3ccc(Cl)cc3Cl)c3ccccc23)cs1. The Labute approximate surface area is 195 Å². The minimum Gasteiger partial charge on any atom is -0.342 e. The van der Waals surface area contributed by atoms with Crippen molar-refractivity contribution in [3.05, 3.63) is 91.7 Å². The fourth-order valence-electron chi connectivity index (χ4n) is 3.34. The number of benzene rings is 2. The summed E-state index contributed by atoms with van der Waals surface area (Å²) >= 11 is 14.0. The number of nitrogens with zero attached hydrogens (tertiary/aromatic N) is 2. The summed E-state index contributed by atoms with van der Waals surface area (Å²) in [7, 11) is 0. The van der Waals surface area contributed by atoms with Crippen molar-refractivity contribution in [3.63, 3.8) is 0 Å². The normalized spacial score (nSPS) is 11.6. The molecule has 4 nitrogen and oxygen atoms in total. The Morgan fingerprint density at radius 3 is 2.74 bits per heavy atom. The van der Waals surface area contributed by atoms with Crippen molar-refractivity contribution in [2.45, 2.75) is 26.3 Å². The highest BCUT2D eigenvalue weighted by Crippen LogP contribution is 2.26. The Kier molecular flexibility index (Phi) is 6.46. The van der Waals surface area contributed by atoms with Crippen LogP contribution in [0.1, 0.15) is 46.1 Å². The molecule has 4 aromatic rings. The third-order valence-corrected chi connectivity index (χ3v) is 6.82. The first-order valence-corrected chi connectivity index (χ1v) is 11.5. The van der Waals surface area contributed by atoms with Crippen molar-refractivity contribution >= 4 is 57.6 Å². The molecule has 0 fully saturated rings. The molecule has 0 saturated carbocycles. The first-order chi connectivity index (χ1) is 14.9. The first kappa shape index (κ1) is 21.6. The van der Waals surface area contributed by atoms with Crippen molar-refractivity contribution in [2.75, 3.05) is 0 Å². The van der Waals surface area contributed by atoms with Crippen LogP contribution >= 0.6 is 34.5 Å². The smallest absolute Gasteiger partial charge is 0.272 e. The van der Waals surface area contributed by atoms with E-state index in [4.69, 9.17) is 23.2 Å². The third kappa shape index (κ3) is 4.85. The number of thiophene rings is 1. The van der Waals surface area contributed by atoms with Gasteiger partial charge in [-0.05, 0) is 35.7 Å². The fraction of sp³-hybridized carbons (Fsp3) is 0.167. The molecule has 4 rings (SSSR count). The highest BCUT2D eigenvalue weighted by molar-refractivity contribution is 7.10. The third-order valence-electron chi connectivity index (χ3n) is 5.00. The van der Waals surface area contributed by atoms with Gasteiger partial charge in [-0.2, -0.15) is 5.10 Å². The summed E-state index contributed by atoms with van der Waals surface area (Å²) in [6.45, 7) is 4.82. The molecule has 2 heterocycles. The Hall–Kier alpha value is -2.60. The average Bonchev–Trinajstić information content (AvgIpc) is 3.36. The number of para-hydroxylation sites is 1. The highest BCUT2D eigenvalue weighted by Gasteiger charge is 2.11. The number of fused-ring (bicyclic) bond motifs is 1. The molecule has 0 spiro atoms. The quantitative estimate of drug-likeness (QED) is 0.241.